The molecule has 0 bridgehead atoms. The molecular formula is C34H55N3O5. The molecule has 0 aromatic heterocycles. The second kappa shape index (κ2) is 18.3. The number of hydrogen-bond donors (Lipinski definition) is 4. The Kier molecular flexibility index (Phi) is 14.8. The topological polar surface area (TPSA) is 117 Å². The summed E-state index contributed by atoms with van der Waals surface area (Å²) in [4.78, 5) is 38.6. The number of hydrogen-bond acceptors (Lipinski definition) is 5. The number of carbonyl (C=O) groups is 3. The Hall–Kier alpha value is -2.45. The van der Waals surface area contributed by atoms with Gasteiger partial charge in [0, 0.05) is 32.1 Å². The van der Waals surface area contributed by atoms with Gasteiger partial charge in [0.15, 0.2) is 0 Å². The first-order valence-corrected chi connectivity index (χ1v) is 16.4. The lowest BCUT2D eigenvalue weighted by Gasteiger charge is -2.32. The SMILES string of the molecule is CC[C@H](C)[C@H](NC(C)=O)C(=O)N[C@@H](CCCC1CCCCC1)C[C@H](O)[C@H](Cc1ccccc1)NC(=O)C1CCOCC1. The molecule has 2 fully saturated rings. The molecule has 0 unspecified atom stereocenters. The summed E-state index contributed by atoms with van der Waals surface area (Å²) in [6, 6.07) is 8.52. The molecule has 1 aromatic carbocycles. The number of aliphatic hydroxyl groups excluding tert-OH is 1. The van der Waals surface area contributed by atoms with Gasteiger partial charge < -0.3 is 25.8 Å². The summed E-state index contributed by atoms with van der Waals surface area (Å²) in [5.41, 5.74) is 1.04. The predicted octanol–water partition coefficient (Wildman–Crippen LogP) is 4.68. The minimum Gasteiger partial charge on any atom is -0.391 e. The van der Waals surface area contributed by atoms with Crippen LogP contribution in [0.15, 0.2) is 30.3 Å². The second-order valence-corrected chi connectivity index (χ2v) is 12.7. The summed E-state index contributed by atoms with van der Waals surface area (Å²) in [6.45, 7) is 6.56. The number of nitrogens with one attached hydrogen (secondary N) is 3. The third-order valence-corrected chi connectivity index (χ3v) is 9.30. The van der Waals surface area contributed by atoms with Gasteiger partial charge in [0.25, 0.3) is 0 Å². The van der Waals surface area contributed by atoms with Gasteiger partial charge in [0.1, 0.15) is 6.04 Å². The van der Waals surface area contributed by atoms with Gasteiger partial charge in [-0.1, -0.05) is 95.5 Å². The van der Waals surface area contributed by atoms with E-state index in [0.29, 0.717) is 38.9 Å². The molecule has 1 saturated heterocycles. The highest BCUT2D eigenvalue weighted by atomic mass is 16.5. The standard InChI is InChI=1S/C34H55N3O5/c1-4-24(2)32(35-25(3)38)34(41)36-29(17-11-16-26-12-7-5-8-13-26)23-31(39)30(22-27-14-9-6-10-15-27)37-33(40)28-18-20-42-21-19-28/h6,9-10,14-15,24,26,28-32,39H,4-5,7-8,11-13,16-23H2,1-3H3,(H,35,38)(H,36,41)(H,37,40)/t24-,29-,30-,31-,32-/m0/s1. The first kappa shape index (κ1) is 34.0. The average molecular weight is 586 g/mol. The lowest BCUT2D eigenvalue weighted by molar-refractivity contribution is -0.130. The maximum Gasteiger partial charge on any atom is 0.243 e. The van der Waals surface area contributed by atoms with Gasteiger partial charge in [-0.3, -0.25) is 14.4 Å². The van der Waals surface area contributed by atoms with Crippen molar-refractivity contribution < 1.29 is 24.2 Å². The van der Waals surface area contributed by atoms with Crippen LogP contribution in [0, 0.1) is 17.8 Å². The third kappa shape index (κ3) is 11.7. The van der Waals surface area contributed by atoms with Gasteiger partial charge in [-0.25, -0.2) is 0 Å². The van der Waals surface area contributed by atoms with Crippen molar-refractivity contribution in [2.45, 2.75) is 128 Å². The molecule has 2 aliphatic rings. The van der Waals surface area contributed by atoms with Crippen molar-refractivity contribution in [1.82, 2.24) is 16.0 Å². The number of amides is 3. The average Bonchev–Trinajstić information content (AvgIpc) is 3.00. The van der Waals surface area contributed by atoms with Crippen LogP contribution >= 0.6 is 0 Å². The maximum atomic E-state index is 13.5. The monoisotopic (exact) mass is 585 g/mol. The molecule has 0 spiro atoms. The summed E-state index contributed by atoms with van der Waals surface area (Å²) < 4.78 is 5.44. The summed E-state index contributed by atoms with van der Waals surface area (Å²) >= 11 is 0. The quantitative estimate of drug-likeness (QED) is 0.225. The van der Waals surface area contributed by atoms with Crippen LogP contribution in [0.2, 0.25) is 0 Å². The van der Waals surface area contributed by atoms with E-state index < -0.39 is 18.2 Å². The van der Waals surface area contributed by atoms with E-state index in [-0.39, 0.29) is 35.6 Å². The number of ether oxygens (including phenoxy) is 1. The van der Waals surface area contributed by atoms with Gasteiger partial charge >= 0.3 is 0 Å². The minimum absolute atomic E-state index is 0.0219. The van der Waals surface area contributed by atoms with Crippen molar-refractivity contribution in [2.24, 2.45) is 17.8 Å². The normalized spacial score (nSPS) is 20.1. The van der Waals surface area contributed by atoms with Gasteiger partial charge in [-0.15, -0.1) is 0 Å². The first-order valence-electron chi connectivity index (χ1n) is 16.4. The molecule has 4 N–H and O–H groups in total. The zero-order valence-corrected chi connectivity index (χ0v) is 26.1. The van der Waals surface area contributed by atoms with Crippen molar-refractivity contribution in [3.05, 3.63) is 35.9 Å². The highest BCUT2D eigenvalue weighted by molar-refractivity contribution is 5.87. The number of aliphatic hydroxyl groups is 1. The molecule has 3 amide bonds. The molecule has 8 heteroatoms. The predicted molar refractivity (Wildman–Crippen MR) is 166 cm³/mol. The fraction of sp³-hybridized carbons (Fsp3) is 0.735. The number of carbonyl (C=O) groups excluding carboxylic acids is 3. The fourth-order valence-corrected chi connectivity index (χ4v) is 6.46. The van der Waals surface area contributed by atoms with Crippen LogP contribution in [0.4, 0.5) is 0 Å². The summed E-state index contributed by atoms with van der Waals surface area (Å²) in [5.74, 6) is 0.106. The van der Waals surface area contributed by atoms with Crippen LogP contribution < -0.4 is 16.0 Å². The highest BCUT2D eigenvalue weighted by Gasteiger charge is 2.31. The zero-order valence-electron chi connectivity index (χ0n) is 26.1. The maximum absolute atomic E-state index is 13.5. The van der Waals surface area contributed by atoms with Crippen LogP contribution in [-0.4, -0.2) is 60.3 Å². The van der Waals surface area contributed by atoms with Gasteiger partial charge in [0.05, 0.1) is 12.1 Å². The fourth-order valence-electron chi connectivity index (χ4n) is 6.46. The van der Waals surface area contributed by atoms with Crippen molar-refractivity contribution in [3.63, 3.8) is 0 Å². The smallest absolute Gasteiger partial charge is 0.243 e. The van der Waals surface area contributed by atoms with Crippen molar-refractivity contribution in [3.8, 4) is 0 Å². The minimum atomic E-state index is -0.850. The van der Waals surface area contributed by atoms with E-state index in [1.54, 1.807) is 0 Å². The zero-order chi connectivity index (χ0) is 30.3. The molecule has 1 saturated carbocycles. The summed E-state index contributed by atoms with van der Waals surface area (Å²) in [5, 5.41) is 20.8. The van der Waals surface area contributed by atoms with Crippen molar-refractivity contribution >= 4 is 17.7 Å². The molecule has 0 radical (unpaired) electrons. The van der Waals surface area contributed by atoms with Crippen LogP contribution in [-0.2, 0) is 25.5 Å². The van der Waals surface area contributed by atoms with Crippen LogP contribution in [0.25, 0.3) is 0 Å². The summed E-state index contributed by atoms with van der Waals surface area (Å²) in [6.07, 6.45) is 11.4. The molecule has 3 rings (SSSR count). The molecule has 5 atom stereocenters. The first-order chi connectivity index (χ1) is 20.3. The lowest BCUT2D eigenvalue weighted by atomic mass is 9.85. The van der Waals surface area contributed by atoms with E-state index in [1.807, 2.05) is 44.2 Å². The van der Waals surface area contributed by atoms with Crippen molar-refractivity contribution in [2.75, 3.05) is 13.2 Å². The Labute approximate surface area is 253 Å². The van der Waals surface area contributed by atoms with E-state index in [4.69, 9.17) is 4.74 Å². The van der Waals surface area contributed by atoms with E-state index in [2.05, 4.69) is 16.0 Å². The molecular weight excluding hydrogens is 530 g/mol. The summed E-state index contributed by atoms with van der Waals surface area (Å²) in [7, 11) is 0. The molecule has 236 valence electrons. The van der Waals surface area contributed by atoms with Gasteiger partial charge in [-0.05, 0) is 49.5 Å². The van der Waals surface area contributed by atoms with Gasteiger partial charge in [0.2, 0.25) is 17.7 Å². The molecule has 1 aliphatic heterocycles. The second-order valence-electron chi connectivity index (χ2n) is 12.7. The Morgan fingerprint density at radius 2 is 1.67 bits per heavy atom. The Morgan fingerprint density at radius 3 is 2.31 bits per heavy atom. The molecule has 8 nitrogen and oxygen atoms in total. The van der Waals surface area contributed by atoms with Crippen LogP contribution in [0.1, 0.15) is 103 Å². The van der Waals surface area contributed by atoms with E-state index in [1.165, 1.54) is 39.0 Å². The van der Waals surface area contributed by atoms with Gasteiger partial charge in [-0.2, -0.15) is 0 Å². The Bertz CT molecular complexity index is 946. The lowest BCUT2D eigenvalue weighted by Crippen LogP contribution is -2.54. The third-order valence-electron chi connectivity index (χ3n) is 9.30. The number of benzene rings is 1. The Morgan fingerprint density at radius 1 is 0.976 bits per heavy atom. The molecule has 1 aliphatic carbocycles. The van der Waals surface area contributed by atoms with E-state index in [0.717, 1.165) is 37.2 Å². The van der Waals surface area contributed by atoms with E-state index in [9.17, 15) is 19.5 Å². The van der Waals surface area contributed by atoms with Crippen LogP contribution in [0.3, 0.4) is 0 Å². The van der Waals surface area contributed by atoms with Crippen molar-refractivity contribution in [1.29, 1.82) is 0 Å². The van der Waals surface area contributed by atoms with Crippen LogP contribution in [0.5, 0.6) is 0 Å². The molecule has 1 aromatic rings. The largest absolute Gasteiger partial charge is 0.391 e. The number of rotatable bonds is 16. The molecule has 42 heavy (non-hydrogen) atoms. The Balaban J connectivity index is 1.73. The van der Waals surface area contributed by atoms with E-state index >= 15 is 0 Å². The highest BCUT2D eigenvalue weighted by Crippen LogP contribution is 2.28. The molecule has 1 heterocycles.